The predicted molar refractivity (Wildman–Crippen MR) is 86.6 cm³/mol. The monoisotopic (exact) mass is 310 g/mol. The van der Waals surface area contributed by atoms with E-state index in [-0.39, 0.29) is 29.6 Å². The molecule has 1 aliphatic heterocycles. The zero-order chi connectivity index (χ0) is 16.2. The number of nitriles is 1. The Hall–Kier alpha value is -2.15. The van der Waals surface area contributed by atoms with Crippen molar-refractivity contribution < 1.29 is 9.59 Å². The molecular formula is C19H22N2O2. The first-order valence-electron chi connectivity index (χ1n) is 8.48. The highest BCUT2D eigenvalue weighted by molar-refractivity contribution is 5.97. The molecule has 1 saturated carbocycles. The van der Waals surface area contributed by atoms with Gasteiger partial charge in [-0.05, 0) is 18.8 Å². The van der Waals surface area contributed by atoms with Crippen molar-refractivity contribution in [3.05, 3.63) is 35.9 Å². The number of amides is 1. The first kappa shape index (κ1) is 15.7. The molecule has 4 heteroatoms. The molecule has 4 nitrogen and oxygen atoms in total. The lowest BCUT2D eigenvalue weighted by Crippen LogP contribution is -2.37. The Morgan fingerprint density at radius 2 is 1.96 bits per heavy atom. The lowest BCUT2D eigenvalue weighted by molar-refractivity contribution is -0.132. The third kappa shape index (κ3) is 3.14. The minimum absolute atomic E-state index is 0.0335. The fourth-order valence-electron chi connectivity index (χ4n) is 4.17. The van der Waals surface area contributed by atoms with E-state index in [9.17, 15) is 9.59 Å². The number of Topliss-reactive ketones (excluding diaryl/α,β-unsaturated/α-hetero) is 1. The third-order valence-electron chi connectivity index (χ3n) is 5.27. The molecular weight excluding hydrogens is 288 g/mol. The molecule has 0 aromatic heterocycles. The summed E-state index contributed by atoms with van der Waals surface area (Å²) >= 11 is 0. The Balaban J connectivity index is 1.79. The van der Waals surface area contributed by atoms with Gasteiger partial charge in [0, 0.05) is 30.5 Å². The highest BCUT2D eigenvalue weighted by atomic mass is 16.2. The molecule has 23 heavy (non-hydrogen) atoms. The second kappa shape index (κ2) is 6.95. The molecule has 120 valence electrons. The van der Waals surface area contributed by atoms with E-state index in [1.165, 1.54) is 0 Å². The van der Waals surface area contributed by atoms with E-state index in [1.54, 1.807) is 0 Å². The summed E-state index contributed by atoms with van der Waals surface area (Å²) in [6, 6.07) is 11.4. The number of carbonyl (C=O) groups is 2. The molecule has 2 aliphatic rings. The van der Waals surface area contributed by atoms with E-state index in [1.807, 2.05) is 35.2 Å². The topological polar surface area (TPSA) is 61.2 Å². The summed E-state index contributed by atoms with van der Waals surface area (Å²) in [5.41, 5.74) is 0.708. The maximum absolute atomic E-state index is 12.7. The molecule has 1 aliphatic carbocycles. The summed E-state index contributed by atoms with van der Waals surface area (Å²) in [4.78, 5) is 27.1. The average Bonchev–Trinajstić information content (AvgIpc) is 2.86. The highest BCUT2D eigenvalue weighted by Crippen LogP contribution is 2.42. The van der Waals surface area contributed by atoms with Crippen molar-refractivity contribution in [1.29, 1.82) is 5.26 Å². The van der Waals surface area contributed by atoms with Gasteiger partial charge in [0.25, 0.3) is 0 Å². The Morgan fingerprint density at radius 3 is 2.70 bits per heavy atom. The molecule has 1 aromatic carbocycles. The van der Waals surface area contributed by atoms with Crippen molar-refractivity contribution in [2.24, 2.45) is 11.8 Å². The highest BCUT2D eigenvalue weighted by Gasteiger charge is 2.48. The molecule has 0 radical (unpaired) electrons. The molecule has 1 aromatic rings. The van der Waals surface area contributed by atoms with Crippen LogP contribution in [-0.2, 0) is 4.79 Å². The summed E-state index contributed by atoms with van der Waals surface area (Å²) in [6.07, 6.45) is 4.90. The molecule has 1 saturated heterocycles. The summed E-state index contributed by atoms with van der Waals surface area (Å²) in [5.74, 6) is 0.603. The van der Waals surface area contributed by atoms with E-state index in [4.69, 9.17) is 5.26 Å². The Bertz CT molecular complexity index is 620. The number of ketones is 1. The largest absolute Gasteiger partial charge is 0.338 e. The van der Waals surface area contributed by atoms with E-state index in [0.717, 1.165) is 25.7 Å². The van der Waals surface area contributed by atoms with Gasteiger partial charge in [0.15, 0.2) is 5.78 Å². The van der Waals surface area contributed by atoms with Crippen molar-refractivity contribution in [1.82, 2.24) is 4.90 Å². The number of carbonyl (C=O) groups excluding carboxylic acids is 2. The number of likely N-dealkylation sites (tertiary alicyclic amines) is 1. The number of nitrogens with zero attached hydrogens (tertiary/aromatic N) is 2. The second-order valence-corrected chi connectivity index (χ2v) is 6.56. The Kier molecular flexibility index (Phi) is 4.76. The quantitative estimate of drug-likeness (QED) is 0.785. The lowest BCUT2D eigenvalue weighted by atomic mass is 9.77. The molecule has 1 amide bonds. The van der Waals surface area contributed by atoms with Gasteiger partial charge in [0.2, 0.25) is 5.91 Å². The van der Waals surface area contributed by atoms with Gasteiger partial charge >= 0.3 is 0 Å². The van der Waals surface area contributed by atoms with Crippen molar-refractivity contribution in [2.45, 2.75) is 44.6 Å². The van der Waals surface area contributed by atoms with Gasteiger partial charge in [0.1, 0.15) is 0 Å². The van der Waals surface area contributed by atoms with Crippen LogP contribution < -0.4 is 0 Å². The van der Waals surface area contributed by atoms with Crippen molar-refractivity contribution in [3.8, 4) is 6.07 Å². The van der Waals surface area contributed by atoms with Crippen LogP contribution in [0.25, 0.3) is 0 Å². The molecule has 0 bridgehead atoms. The average molecular weight is 310 g/mol. The third-order valence-corrected chi connectivity index (χ3v) is 5.27. The summed E-state index contributed by atoms with van der Waals surface area (Å²) in [5, 5.41) is 8.86. The van der Waals surface area contributed by atoms with Crippen molar-refractivity contribution in [3.63, 3.8) is 0 Å². The van der Waals surface area contributed by atoms with Crippen LogP contribution in [0, 0.1) is 23.2 Å². The van der Waals surface area contributed by atoms with Crippen LogP contribution in [0.1, 0.15) is 48.9 Å². The summed E-state index contributed by atoms with van der Waals surface area (Å²) in [6.45, 7) is 0.453. The van der Waals surface area contributed by atoms with Crippen LogP contribution in [0.3, 0.4) is 0 Å². The number of hydrogen-bond acceptors (Lipinski definition) is 3. The first-order valence-corrected chi connectivity index (χ1v) is 8.48. The fourth-order valence-corrected chi connectivity index (χ4v) is 4.17. The van der Waals surface area contributed by atoms with Crippen LogP contribution >= 0.6 is 0 Å². The van der Waals surface area contributed by atoms with Gasteiger partial charge in [-0.1, -0.05) is 43.2 Å². The van der Waals surface area contributed by atoms with Crippen LogP contribution in [0.4, 0.5) is 0 Å². The van der Waals surface area contributed by atoms with Gasteiger partial charge in [0.05, 0.1) is 12.5 Å². The number of fused-ring (bicyclic) bond motifs is 1. The molecule has 0 N–H and O–H groups in total. The number of hydrogen-bond donors (Lipinski definition) is 0. The minimum Gasteiger partial charge on any atom is -0.338 e. The van der Waals surface area contributed by atoms with Crippen LogP contribution in [0.15, 0.2) is 30.3 Å². The van der Waals surface area contributed by atoms with Gasteiger partial charge in [-0.25, -0.2) is 0 Å². The smallest absolute Gasteiger partial charge is 0.226 e. The van der Waals surface area contributed by atoms with Gasteiger partial charge < -0.3 is 4.90 Å². The Labute approximate surface area is 137 Å². The van der Waals surface area contributed by atoms with Crippen molar-refractivity contribution in [2.75, 3.05) is 6.54 Å². The SMILES string of the molecule is N#CCCN1C(=O)[C@@H]2CCCC[C@@H]2[C@H]1CC(=O)c1ccccc1. The van der Waals surface area contributed by atoms with E-state index in [2.05, 4.69) is 6.07 Å². The number of benzene rings is 1. The maximum atomic E-state index is 12.7. The van der Waals surface area contributed by atoms with Gasteiger partial charge in [-0.3, -0.25) is 9.59 Å². The molecule has 1 heterocycles. The van der Waals surface area contributed by atoms with Crippen molar-refractivity contribution >= 4 is 11.7 Å². The first-order chi connectivity index (χ1) is 11.2. The van der Waals surface area contributed by atoms with E-state index < -0.39 is 0 Å². The molecule has 0 unspecified atom stereocenters. The van der Waals surface area contributed by atoms with Gasteiger partial charge in [-0.15, -0.1) is 0 Å². The lowest BCUT2D eigenvalue weighted by Gasteiger charge is -2.29. The zero-order valence-electron chi connectivity index (χ0n) is 13.3. The van der Waals surface area contributed by atoms with Crippen LogP contribution in [-0.4, -0.2) is 29.2 Å². The normalized spacial score (nSPS) is 26.7. The fraction of sp³-hybridized carbons (Fsp3) is 0.526. The van der Waals surface area contributed by atoms with Crippen LogP contribution in [0.5, 0.6) is 0 Å². The Morgan fingerprint density at radius 1 is 1.22 bits per heavy atom. The van der Waals surface area contributed by atoms with Gasteiger partial charge in [-0.2, -0.15) is 5.26 Å². The predicted octanol–water partition coefficient (Wildman–Crippen LogP) is 3.19. The number of rotatable bonds is 5. The second-order valence-electron chi connectivity index (χ2n) is 6.56. The van der Waals surface area contributed by atoms with E-state index >= 15 is 0 Å². The maximum Gasteiger partial charge on any atom is 0.226 e. The van der Waals surface area contributed by atoms with E-state index in [0.29, 0.717) is 24.9 Å². The standard InChI is InChI=1S/C19H22N2O2/c20-11-6-12-21-17(13-18(22)14-7-2-1-3-8-14)15-9-4-5-10-16(15)19(21)23/h1-3,7-8,15-17H,4-6,9-10,12-13H2/t15-,16+,17+/m0/s1. The summed E-state index contributed by atoms with van der Waals surface area (Å²) in [7, 11) is 0. The summed E-state index contributed by atoms with van der Waals surface area (Å²) < 4.78 is 0. The molecule has 3 atom stereocenters. The molecule has 3 rings (SSSR count). The molecule has 2 fully saturated rings. The minimum atomic E-state index is -0.0335. The zero-order valence-corrected chi connectivity index (χ0v) is 13.3. The molecule has 0 spiro atoms. The van der Waals surface area contributed by atoms with Crippen LogP contribution in [0.2, 0.25) is 0 Å².